The summed E-state index contributed by atoms with van der Waals surface area (Å²) in [6.07, 6.45) is 0.804. The van der Waals surface area contributed by atoms with Crippen LogP contribution in [0, 0.1) is 20.8 Å². The fourth-order valence-corrected chi connectivity index (χ4v) is 2.83. The third-order valence-corrected chi connectivity index (χ3v) is 4.00. The van der Waals surface area contributed by atoms with Gasteiger partial charge in [-0.3, -0.25) is 4.79 Å². The zero-order valence-electron chi connectivity index (χ0n) is 14.9. The van der Waals surface area contributed by atoms with Gasteiger partial charge in [-0.1, -0.05) is 29.8 Å². The maximum Gasteiger partial charge on any atom is 0.239 e. The van der Waals surface area contributed by atoms with E-state index in [9.17, 15) is 4.79 Å². The number of anilines is 1. The molecule has 0 fully saturated rings. The second-order valence-electron chi connectivity index (χ2n) is 6.08. The first-order chi connectivity index (χ1) is 11.5. The minimum atomic E-state index is 0.00267. The minimum Gasteiger partial charge on any atom is -0.497 e. The third-order valence-electron chi connectivity index (χ3n) is 4.00. The highest BCUT2D eigenvalue weighted by atomic mass is 16.5. The van der Waals surface area contributed by atoms with Crippen LogP contribution in [0.5, 0.6) is 5.75 Å². The van der Waals surface area contributed by atoms with Crippen LogP contribution in [0.4, 0.5) is 5.69 Å². The molecule has 0 bridgehead atoms. The van der Waals surface area contributed by atoms with Crippen LogP contribution in [0.2, 0.25) is 0 Å². The molecule has 0 saturated heterocycles. The first-order valence-electron chi connectivity index (χ1n) is 8.21. The van der Waals surface area contributed by atoms with Gasteiger partial charge < -0.3 is 15.4 Å². The molecule has 2 aromatic carbocycles. The molecule has 0 aliphatic heterocycles. The Morgan fingerprint density at radius 1 is 1.04 bits per heavy atom. The molecule has 0 spiro atoms. The van der Waals surface area contributed by atoms with Crippen molar-refractivity contribution < 1.29 is 9.53 Å². The van der Waals surface area contributed by atoms with Crippen LogP contribution in [0.25, 0.3) is 0 Å². The normalized spacial score (nSPS) is 10.3. The molecule has 0 aromatic heterocycles. The molecule has 128 valence electrons. The second-order valence-corrected chi connectivity index (χ2v) is 6.08. The summed E-state index contributed by atoms with van der Waals surface area (Å²) in [6.45, 7) is 7.11. The van der Waals surface area contributed by atoms with Crippen LogP contribution in [-0.4, -0.2) is 26.1 Å². The summed E-state index contributed by atoms with van der Waals surface area (Å²) < 4.78 is 5.13. The van der Waals surface area contributed by atoms with E-state index in [1.54, 1.807) is 7.11 Å². The third kappa shape index (κ3) is 5.01. The summed E-state index contributed by atoms with van der Waals surface area (Å²) in [5, 5.41) is 6.19. The number of benzene rings is 2. The van der Waals surface area contributed by atoms with Gasteiger partial charge in [0.2, 0.25) is 5.91 Å². The van der Waals surface area contributed by atoms with E-state index in [4.69, 9.17) is 4.74 Å². The summed E-state index contributed by atoms with van der Waals surface area (Å²) in [7, 11) is 1.65. The van der Waals surface area contributed by atoms with Gasteiger partial charge in [0.05, 0.1) is 13.7 Å². The Bertz CT molecular complexity index is 670. The van der Waals surface area contributed by atoms with E-state index in [1.165, 1.54) is 22.3 Å². The fourth-order valence-electron chi connectivity index (χ4n) is 2.83. The van der Waals surface area contributed by atoms with Gasteiger partial charge in [-0.05, 0) is 56.0 Å². The lowest BCUT2D eigenvalue weighted by molar-refractivity contribution is -0.119. The Morgan fingerprint density at radius 3 is 2.25 bits per heavy atom. The van der Waals surface area contributed by atoms with Gasteiger partial charge in [0.15, 0.2) is 0 Å². The number of amides is 1. The highest BCUT2D eigenvalue weighted by Crippen LogP contribution is 2.21. The molecule has 1 amide bonds. The molecule has 2 aromatic rings. The minimum absolute atomic E-state index is 0.00267. The molecule has 4 heteroatoms. The average Bonchev–Trinajstić information content (AvgIpc) is 2.54. The van der Waals surface area contributed by atoms with Crippen LogP contribution in [0.3, 0.4) is 0 Å². The SMILES string of the molecule is COc1ccc(CCNC(=O)CNc2c(C)cc(C)cc2C)cc1. The van der Waals surface area contributed by atoms with Crippen molar-refractivity contribution in [3.05, 3.63) is 58.7 Å². The number of aryl methyl sites for hydroxylation is 3. The van der Waals surface area contributed by atoms with Gasteiger partial charge in [0.1, 0.15) is 5.75 Å². The number of carbonyl (C=O) groups is 1. The molecular weight excluding hydrogens is 300 g/mol. The van der Waals surface area contributed by atoms with Gasteiger partial charge in [-0.15, -0.1) is 0 Å². The van der Waals surface area contributed by atoms with Crippen LogP contribution in [0.15, 0.2) is 36.4 Å². The number of carbonyl (C=O) groups excluding carboxylic acids is 1. The molecule has 2 rings (SSSR count). The highest BCUT2D eigenvalue weighted by Gasteiger charge is 2.06. The first kappa shape index (κ1) is 17.9. The van der Waals surface area contributed by atoms with Crippen molar-refractivity contribution in [1.29, 1.82) is 0 Å². The molecule has 0 saturated carbocycles. The summed E-state index contributed by atoms with van der Waals surface area (Å²) in [4.78, 5) is 12.0. The van der Waals surface area contributed by atoms with Gasteiger partial charge in [0.25, 0.3) is 0 Å². The Kier molecular flexibility index (Phi) is 6.24. The van der Waals surface area contributed by atoms with E-state index in [0.29, 0.717) is 6.54 Å². The van der Waals surface area contributed by atoms with Gasteiger partial charge in [0, 0.05) is 12.2 Å². The lowest BCUT2D eigenvalue weighted by Gasteiger charge is -2.14. The highest BCUT2D eigenvalue weighted by molar-refractivity contribution is 5.81. The standard InChI is InChI=1S/C20H26N2O2/c1-14-11-15(2)20(16(3)12-14)22-13-19(23)21-10-9-17-5-7-18(24-4)8-6-17/h5-8,11-12,22H,9-10,13H2,1-4H3,(H,21,23). The number of nitrogens with one attached hydrogen (secondary N) is 2. The number of rotatable bonds is 7. The van der Waals surface area contributed by atoms with E-state index in [0.717, 1.165) is 17.9 Å². The van der Waals surface area contributed by atoms with Crippen LogP contribution < -0.4 is 15.4 Å². The van der Waals surface area contributed by atoms with Crippen LogP contribution in [0.1, 0.15) is 22.3 Å². The van der Waals surface area contributed by atoms with Crippen molar-refractivity contribution in [2.45, 2.75) is 27.2 Å². The van der Waals surface area contributed by atoms with Crippen molar-refractivity contribution in [3.63, 3.8) is 0 Å². The number of hydrogen-bond donors (Lipinski definition) is 2. The molecule has 0 atom stereocenters. The quantitative estimate of drug-likeness (QED) is 0.820. The van der Waals surface area contributed by atoms with Gasteiger partial charge >= 0.3 is 0 Å². The average molecular weight is 326 g/mol. The Labute approximate surface area is 144 Å². The summed E-state index contributed by atoms with van der Waals surface area (Å²) in [6, 6.07) is 12.1. The predicted octanol–water partition coefficient (Wildman–Crippen LogP) is 3.39. The smallest absolute Gasteiger partial charge is 0.239 e. The van der Waals surface area contributed by atoms with Crippen LogP contribution >= 0.6 is 0 Å². The van der Waals surface area contributed by atoms with Crippen molar-refractivity contribution >= 4 is 11.6 Å². The maximum absolute atomic E-state index is 12.0. The molecule has 24 heavy (non-hydrogen) atoms. The number of methoxy groups -OCH3 is 1. The summed E-state index contributed by atoms with van der Waals surface area (Å²) in [5.41, 5.74) is 5.79. The Balaban J connectivity index is 1.77. The van der Waals surface area contributed by atoms with Crippen LogP contribution in [-0.2, 0) is 11.2 Å². The summed E-state index contributed by atoms with van der Waals surface area (Å²) >= 11 is 0. The van der Waals surface area contributed by atoms with Gasteiger partial charge in [-0.25, -0.2) is 0 Å². The molecular formula is C20H26N2O2. The topological polar surface area (TPSA) is 50.4 Å². The largest absolute Gasteiger partial charge is 0.497 e. The fraction of sp³-hybridized carbons (Fsp3) is 0.350. The molecule has 0 heterocycles. The Morgan fingerprint density at radius 2 is 1.67 bits per heavy atom. The van der Waals surface area contributed by atoms with Crippen molar-refractivity contribution in [1.82, 2.24) is 5.32 Å². The molecule has 0 aliphatic carbocycles. The zero-order chi connectivity index (χ0) is 17.5. The molecule has 0 aliphatic rings. The van der Waals surface area contributed by atoms with E-state index < -0.39 is 0 Å². The number of ether oxygens (including phenoxy) is 1. The zero-order valence-corrected chi connectivity index (χ0v) is 14.9. The monoisotopic (exact) mass is 326 g/mol. The second kappa shape index (κ2) is 8.39. The van der Waals surface area contributed by atoms with Gasteiger partial charge in [-0.2, -0.15) is 0 Å². The lowest BCUT2D eigenvalue weighted by atomic mass is 10.1. The number of hydrogen-bond acceptors (Lipinski definition) is 3. The molecule has 0 radical (unpaired) electrons. The summed E-state index contributed by atoms with van der Waals surface area (Å²) in [5.74, 6) is 0.846. The van der Waals surface area contributed by atoms with E-state index in [1.807, 2.05) is 24.3 Å². The van der Waals surface area contributed by atoms with Crippen molar-refractivity contribution in [2.75, 3.05) is 25.5 Å². The predicted molar refractivity (Wildman–Crippen MR) is 98.9 cm³/mol. The molecule has 4 nitrogen and oxygen atoms in total. The van der Waals surface area contributed by atoms with E-state index >= 15 is 0 Å². The van der Waals surface area contributed by atoms with Crippen molar-refractivity contribution in [2.24, 2.45) is 0 Å². The van der Waals surface area contributed by atoms with E-state index in [2.05, 4.69) is 43.5 Å². The molecule has 2 N–H and O–H groups in total. The molecule has 0 unspecified atom stereocenters. The maximum atomic E-state index is 12.0. The first-order valence-corrected chi connectivity index (χ1v) is 8.21. The Hall–Kier alpha value is -2.49. The lowest BCUT2D eigenvalue weighted by Crippen LogP contribution is -2.31. The van der Waals surface area contributed by atoms with Crippen molar-refractivity contribution in [3.8, 4) is 5.75 Å². The van der Waals surface area contributed by atoms with E-state index in [-0.39, 0.29) is 12.5 Å².